The van der Waals surface area contributed by atoms with Gasteiger partial charge in [0.15, 0.2) is 6.61 Å². The van der Waals surface area contributed by atoms with Crippen LogP contribution in [0, 0.1) is 5.41 Å². The second-order valence-corrected chi connectivity index (χ2v) is 9.11. The van der Waals surface area contributed by atoms with Gasteiger partial charge in [-0.3, -0.25) is 14.6 Å². The second-order valence-electron chi connectivity index (χ2n) is 9.11. The van der Waals surface area contributed by atoms with E-state index in [1.54, 1.807) is 20.8 Å². The van der Waals surface area contributed by atoms with Crippen molar-refractivity contribution in [2.45, 2.75) is 57.7 Å². The number of amides is 2. The maximum Gasteiger partial charge on any atom is 0.422 e. The molecule has 2 aliphatic rings. The Bertz CT molecular complexity index is 855. The van der Waals surface area contributed by atoms with E-state index in [4.69, 9.17) is 4.74 Å². The highest BCUT2D eigenvalue weighted by Crippen LogP contribution is 2.44. The van der Waals surface area contributed by atoms with Gasteiger partial charge in [-0.05, 0) is 24.2 Å². The van der Waals surface area contributed by atoms with Crippen LogP contribution in [0.4, 0.5) is 22.0 Å². The zero-order chi connectivity index (χ0) is 23.2. The summed E-state index contributed by atoms with van der Waals surface area (Å²) in [5, 5.41) is 2.50. The normalized spacial score (nSPS) is 19.4. The average molecular weight is 449 g/mol. The second kappa shape index (κ2) is 7.90. The number of hydrogen-bond acceptors (Lipinski definition) is 4. The zero-order valence-electron chi connectivity index (χ0n) is 17.4. The van der Waals surface area contributed by atoms with Gasteiger partial charge < -0.3 is 15.0 Å². The Morgan fingerprint density at radius 3 is 2.35 bits per heavy atom. The molecule has 3 rings (SSSR count). The molecule has 1 saturated carbocycles. The molecule has 11 heteroatoms. The zero-order valence-corrected chi connectivity index (χ0v) is 17.4. The first kappa shape index (κ1) is 23.2. The van der Waals surface area contributed by atoms with Crippen LogP contribution < -0.4 is 10.1 Å². The first-order chi connectivity index (χ1) is 14.2. The number of ether oxygens (including phenoxy) is 1. The number of likely N-dealkylation sites (tertiary alicyclic amines) is 1. The molecule has 172 valence electrons. The molecule has 1 saturated heterocycles. The van der Waals surface area contributed by atoms with Gasteiger partial charge in [-0.15, -0.1) is 0 Å². The third-order valence-electron chi connectivity index (χ3n) is 5.08. The minimum atomic E-state index is -4.55. The predicted molar refractivity (Wildman–Crippen MR) is 100.0 cm³/mol. The number of nitrogens with one attached hydrogen (secondary N) is 1. The molecular weight excluding hydrogens is 425 g/mol. The van der Waals surface area contributed by atoms with Crippen molar-refractivity contribution in [3.05, 3.63) is 23.5 Å². The lowest BCUT2D eigenvalue weighted by atomic mass is 9.85. The van der Waals surface area contributed by atoms with Crippen molar-refractivity contribution in [1.29, 1.82) is 0 Å². The Morgan fingerprint density at radius 2 is 1.87 bits per heavy atom. The fraction of sp³-hybridized carbons (Fsp3) is 0.650. The van der Waals surface area contributed by atoms with Crippen LogP contribution in [0.25, 0.3) is 0 Å². The van der Waals surface area contributed by atoms with E-state index in [0.717, 1.165) is 23.8 Å². The van der Waals surface area contributed by atoms with Gasteiger partial charge in [0.1, 0.15) is 17.5 Å². The molecule has 0 radical (unpaired) electrons. The van der Waals surface area contributed by atoms with Crippen molar-refractivity contribution in [3.63, 3.8) is 0 Å². The van der Waals surface area contributed by atoms with E-state index in [9.17, 15) is 31.5 Å². The van der Waals surface area contributed by atoms with Crippen molar-refractivity contribution in [1.82, 2.24) is 15.2 Å². The molecule has 6 nitrogen and oxygen atoms in total. The summed E-state index contributed by atoms with van der Waals surface area (Å²) in [6.07, 6.45) is -1.66. The summed E-state index contributed by atoms with van der Waals surface area (Å²) in [4.78, 5) is 30.4. The van der Waals surface area contributed by atoms with E-state index >= 15 is 0 Å². The van der Waals surface area contributed by atoms with Crippen LogP contribution in [0.3, 0.4) is 0 Å². The third kappa shape index (κ3) is 5.82. The van der Waals surface area contributed by atoms with Crippen molar-refractivity contribution >= 4 is 11.8 Å². The Morgan fingerprint density at radius 1 is 1.26 bits per heavy atom. The van der Waals surface area contributed by atoms with E-state index < -0.39 is 55.1 Å². The monoisotopic (exact) mass is 449 g/mol. The number of halogens is 5. The standard InChI is InChI=1S/C20H24F5N3O3/c1-18(2,3)15(17(30)28-8-19(21,22)9-28)27-16(29)13-6-14(31-10-20(23,24)25)12(7-26-13)11-4-5-11/h6-7,11,15H,4-5,8-10H2,1-3H3,(H,27,29). The topological polar surface area (TPSA) is 71.5 Å². The summed E-state index contributed by atoms with van der Waals surface area (Å²) in [7, 11) is 0. The highest BCUT2D eigenvalue weighted by Gasteiger charge is 2.49. The fourth-order valence-electron chi connectivity index (χ4n) is 3.26. The van der Waals surface area contributed by atoms with E-state index in [0.29, 0.717) is 5.56 Å². The van der Waals surface area contributed by atoms with Crippen molar-refractivity contribution in [2.75, 3.05) is 19.7 Å². The summed E-state index contributed by atoms with van der Waals surface area (Å²) in [6.45, 7) is 2.03. The van der Waals surface area contributed by atoms with Gasteiger partial charge in [-0.1, -0.05) is 20.8 Å². The van der Waals surface area contributed by atoms with Gasteiger partial charge in [0.2, 0.25) is 5.91 Å². The highest BCUT2D eigenvalue weighted by molar-refractivity contribution is 5.97. The number of nitrogens with zero attached hydrogens (tertiary/aromatic N) is 2. The number of aromatic nitrogens is 1. The van der Waals surface area contributed by atoms with E-state index in [-0.39, 0.29) is 17.4 Å². The van der Waals surface area contributed by atoms with Crippen LogP contribution in [0.5, 0.6) is 5.75 Å². The van der Waals surface area contributed by atoms with Crippen molar-refractivity contribution < 1.29 is 36.3 Å². The molecule has 0 spiro atoms. The van der Waals surface area contributed by atoms with Gasteiger partial charge in [0, 0.05) is 17.8 Å². The van der Waals surface area contributed by atoms with Crippen LogP contribution in [-0.2, 0) is 4.79 Å². The first-order valence-electron chi connectivity index (χ1n) is 9.83. The van der Waals surface area contributed by atoms with Gasteiger partial charge in [-0.25, -0.2) is 8.78 Å². The van der Waals surface area contributed by atoms with Crippen LogP contribution in [0.1, 0.15) is 55.6 Å². The largest absolute Gasteiger partial charge is 0.484 e. The molecule has 2 amide bonds. The Labute approximate surface area is 176 Å². The lowest BCUT2D eigenvalue weighted by molar-refractivity contribution is -0.169. The number of rotatable bonds is 6. The molecule has 0 bridgehead atoms. The Hall–Kier alpha value is -2.46. The molecule has 1 atom stereocenters. The first-order valence-corrected chi connectivity index (χ1v) is 9.83. The summed E-state index contributed by atoms with van der Waals surface area (Å²) in [6, 6.07) is -0.00276. The summed E-state index contributed by atoms with van der Waals surface area (Å²) >= 11 is 0. The van der Waals surface area contributed by atoms with Gasteiger partial charge >= 0.3 is 6.18 Å². The van der Waals surface area contributed by atoms with E-state index in [1.165, 1.54) is 6.20 Å². The molecule has 1 aliphatic heterocycles. The maximum absolute atomic E-state index is 13.2. The molecule has 2 fully saturated rings. The smallest absolute Gasteiger partial charge is 0.422 e. The molecule has 1 aromatic heterocycles. The van der Waals surface area contributed by atoms with E-state index in [2.05, 4.69) is 10.3 Å². The lowest BCUT2D eigenvalue weighted by Gasteiger charge is -2.43. The minimum Gasteiger partial charge on any atom is -0.484 e. The van der Waals surface area contributed by atoms with E-state index in [1.807, 2.05) is 0 Å². The maximum atomic E-state index is 13.2. The number of hydrogen-bond donors (Lipinski definition) is 1. The molecular formula is C20H24F5N3O3. The molecule has 2 heterocycles. The van der Waals surface area contributed by atoms with Gasteiger partial charge in [0.25, 0.3) is 11.8 Å². The Kier molecular flexibility index (Phi) is 5.92. The molecule has 31 heavy (non-hydrogen) atoms. The quantitative estimate of drug-likeness (QED) is 0.675. The number of pyridine rings is 1. The number of carbonyl (C=O) groups excluding carboxylic acids is 2. The molecule has 1 aromatic rings. The fourth-order valence-corrected chi connectivity index (χ4v) is 3.26. The number of alkyl halides is 5. The molecule has 1 N–H and O–H groups in total. The molecule has 0 aromatic carbocycles. The average Bonchev–Trinajstić information content (AvgIpc) is 3.44. The van der Waals surface area contributed by atoms with Crippen molar-refractivity contribution in [2.24, 2.45) is 5.41 Å². The third-order valence-corrected chi connectivity index (χ3v) is 5.08. The predicted octanol–water partition coefficient (Wildman–Crippen LogP) is 3.52. The minimum absolute atomic E-state index is 0.0323. The lowest BCUT2D eigenvalue weighted by Crippen LogP contribution is -2.64. The van der Waals surface area contributed by atoms with Crippen LogP contribution in [-0.4, -0.2) is 59.5 Å². The molecule has 1 aliphatic carbocycles. The SMILES string of the molecule is CC(C)(C)C(NC(=O)c1cc(OCC(F)(F)F)c(C2CC2)cn1)C(=O)N1CC(F)(F)C1. The van der Waals surface area contributed by atoms with Gasteiger partial charge in [0.05, 0.1) is 13.1 Å². The van der Waals surface area contributed by atoms with Crippen LogP contribution in [0.15, 0.2) is 12.3 Å². The number of carbonyl (C=O) groups is 2. The summed E-state index contributed by atoms with van der Waals surface area (Å²) in [5.41, 5.74) is -0.536. The van der Waals surface area contributed by atoms with Gasteiger partial charge in [-0.2, -0.15) is 13.2 Å². The molecule has 1 unspecified atom stereocenters. The summed E-state index contributed by atoms with van der Waals surface area (Å²) in [5.74, 6) is -4.46. The van der Waals surface area contributed by atoms with Crippen LogP contribution >= 0.6 is 0 Å². The highest BCUT2D eigenvalue weighted by atomic mass is 19.4. The van der Waals surface area contributed by atoms with Crippen LogP contribution in [0.2, 0.25) is 0 Å². The Balaban J connectivity index is 1.77. The van der Waals surface area contributed by atoms with Crippen molar-refractivity contribution in [3.8, 4) is 5.75 Å². The summed E-state index contributed by atoms with van der Waals surface area (Å²) < 4.78 is 69.0.